The Morgan fingerprint density at radius 3 is 2.40 bits per heavy atom. The first kappa shape index (κ1) is 17.1. The Balaban J connectivity index is 1.57. The van der Waals surface area contributed by atoms with Gasteiger partial charge in [-0.1, -0.05) is 19.3 Å². The van der Waals surface area contributed by atoms with E-state index in [0.717, 1.165) is 30.6 Å². The number of carbonyl (C=O) groups is 1. The first-order valence-electron chi connectivity index (χ1n) is 10.2. The van der Waals surface area contributed by atoms with Crippen molar-refractivity contribution in [3.05, 3.63) is 17.5 Å². The van der Waals surface area contributed by atoms with Crippen molar-refractivity contribution in [2.24, 2.45) is 7.05 Å². The number of amides is 1. The van der Waals surface area contributed by atoms with Crippen LogP contribution in [0.25, 0.3) is 0 Å². The van der Waals surface area contributed by atoms with Crippen molar-refractivity contribution in [1.82, 2.24) is 19.6 Å². The first-order chi connectivity index (χ1) is 12.1. The number of aromatic nitrogens is 2. The molecule has 0 bridgehead atoms. The molecule has 3 aliphatic rings. The maximum absolute atomic E-state index is 13.5. The lowest BCUT2D eigenvalue weighted by molar-refractivity contribution is 0.0662. The highest BCUT2D eigenvalue weighted by atomic mass is 16.2. The minimum atomic E-state index is 0.233. The van der Waals surface area contributed by atoms with E-state index in [4.69, 9.17) is 5.10 Å². The number of aryl methyl sites for hydroxylation is 1. The zero-order chi connectivity index (χ0) is 17.4. The highest BCUT2D eigenvalue weighted by molar-refractivity contribution is 5.95. The number of likely N-dealkylation sites (N-methyl/N-ethyl adjacent to an activating group) is 1. The van der Waals surface area contributed by atoms with E-state index in [1.165, 1.54) is 51.5 Å². The fraction of sp³-hybridized carbons (Fsp3) is 0.800. The van der Waals surface area contributed by atoms with E-state index < -0.39 is 0 Å². The van der Waals surface area contributed by atoms with Crippen LogP contribution >= 0.6 is 0 Å². The predicted octanol–water partition coefficient (Wildman–Crippen LogP) is 3.17. The van der Waals surface area contributed by atoms with Gasteiger partial charge >= 0.3 is 0 Å². The van der Waals surface area contributed by atoms with Crippen LogP contribution in [-0.4, -0.2) is 57.7 Å². The quantitative estimate of drug-likeness (QED) is 0.846. The van der Waals surface area contributed by atoms with E-state index in [9.17, 15) is 4.79 Å². The average Bonchev–Trinajstić information content (AvgIpc) is 3.34. The molecule has 0 N–H and O–H groups in total. The predicted molar refractivity (Wildman–Crippen MR) is 98.7 cm³/mol. The molecule has 1 aliphatic carbocycles. The molecular formula is C20H32N4O. The fourth-order valence-electron chi connectivity index (χ4n) is 5.37. The van der Waals surface area contributed by atoms with E-state index in [1.54, 1.807) is 0 Å². The van der Waals surface area contributed by atoms with E-state index in [2.05, 4.69) is 16.8 Å². The lowest BCUT2D eigenvalue weighted by Crippen LogP contribution is -2.47. The monoisotopic (exact) mass is 344 g/mol. The van der Waals surface area contributed by atoms with Gasteiger partial charge in [0.15, 0.2) is 0 Å². The summed E-state index contributed by atoms with van der Waals surface area (Å²) in [5.41, 5.74) is 1.94. The van der Waals surface area contributed by atoms with Crippen LogP contribution in [0, 0.1) is 0 Å². The van der Waals surface area contributed by atoms with Crippen LogP contribution < -0.4 is 0 Å². The molecule has 2 saturated heterocycles. The summed E-state index contributed by atoms with van der Waals surface area (Å²) in [7, 11) is 4.17. The minimum absolute atomic E-state index is 0.233. The third-order valence-corrected chi connectivity index (χ3v) is 6.66. The van der Waals surface area contributed by atoms with E-state index >= 15 is 0 Å². The molecule has 3 heterocycles. The molecule has 138 valence electrons. The molecule has 4 rings (SSSR count). The Kier molecular flexibility index (Phi) is 4.85. The van der Waals surface area contributed by atoms with Crippen molar-refractivity contribution in [3.8, 4) is 0 Å². The third kappa shape index (κ3) is 3.23. The van der Waals surface area contributed by atoms with Crippen molar-refractivity contribution in [3.63, 3.8) is 0 Å². The van der Waals surface area contributed by atoms with Crippen LogP contribution in [-0.2, 0) is 7.05 Å². The first-order valence-corrected chi connectivity index (χ1v) is 10.2. The molecule has 1 saturated carbocycles. The summed E-state index contributed by atoms with van der Waals surface area (Å²) in [5.74, 6) is 0.709. The highest BCUT2D eigenvalue weighted by Crippen LogP contribution is 2.35. The maximum atomic E-state index is 13.5. The molecule has 25 heavy (non-hydrogen) atoms. The molecule has 3 fully saturated rings. The Hall–Kier alpha value is -1.36. The van der Waals surface area contributed by atoms with Gasteiger partial charge < -0.3 is 9.80 Å². The Labute approximate surface area is 151 Å². The molecule has 0 unspecified atom stereocenters. The Morgan fingerprint density at radius 1 is 0.960 bits per heavy atom. The molecule has 0 spiro atoms. The number of hydrogen-bond acceptors (Lipinski definition) is 3. The van der Waals surface area contributed by atoms with Gasteiger partial charge in [-0.25, -0.2) is 0 Å². The number of likely N-dealkylation sites (tertiary alicyclic amines) is 2. The second-order valence-electron chi connectivity index (χ2n) is 8.33. The summed E-state index contributed by atoms with van der Waals surface area (Å²) in [6.07, 6.45) is 13.0. The lowest BCUT2D eigenvalue weighted by atomic mass is 9.85. The second kappa shape index (κ2) is 7.10. The summed E-state index contributed by atoms with van der Waals surface area (Å²) in [4.78, 5) is 18.1. The summed E-state index contributed by atoms with van der Waals surface area (Å²) in [6, 6.07) is 0.931. The lowest BCUT2D eigenvalue weighted by Gasteiger charge is -2.33. The van der Waals surface area contributed by atoms with Gasteiger partial charge in [0.2, 0.25) is 0 Å². The van der Waals surface area contributed by atoms with Gasteiger partial charge in [-0.05, 0) is 52.1 Å². The zero-order valence-electron chi connectivity index (χ0n) is 15.8. The second-order valence-corrected chi connectivity index (χ2v) is 8.33. The Morgan fingerprint density at radius 2 is 1.68 bits per heavy atom. The molecule has 1 amide bonds. The van der Waals surface area contributed by atoms with Crippen LogP contribution in [0.1, 0.15) is 79.8 Å². The molecule has 5 nitrogen and oxygen atoms in total. The van der Waals surface area contributed by atoms with Gasteiger partial charge in [-0.2, -0.15) is 5.10 Å². The van der Waals surface area contributed by atoms with Gasteiger partial charge in [-0.15, -0.1) is 0 Å². The van der Waals surface area contributed by atoms with E-state index in [0.29, 0.717) is 18.0 Å². The smallest absolute Gasteiger partial charge is 0.257 e. The molecule has 1 aromatic rings. The third-order valence-electron chi connectivity index (χ3n) is 6.66. The highest BCUT2D eigenvalue weighted by Gasteiger charge is 2.40. The van der Waals surface area contributed by atoms with Gasteiger partial charge in [0.25, 0.3) is 5.91 Å². The largest absolute Gasteiger partial charge is 0.334 e. The van der Waals surface area contributed by atoms with Crippen molar-refractivity contribution < 1.29 is 4.79 Å². The molecule has 0 radical (unpaired) electrons. The van der Waals surface area contributed by atoms with E-state index in [1.807, 2.05) is 17.9 Å². The van der Waals surface area contributed by atoms with Crippen LogP contribution in [0.2, 0.25) is 0 Å². The molecule has 2 atom stereocenters. The number of carbonyl (C=O) groups excluding carboxylic acids is 1. The van der Waals surface area contributed by atoms with Crippen molar-refractivity contribution in [1.29, 1.82) is 0 Å². The normalized spacial score (nSPS) is 28.8. The summed E-state index contributed by atoms with van der Waals surface area (Å²) in [5, 5.41) is 4.72. The molecule has 5 heteroatoms. The SMILES string of the molecule is CN1CCC[C@H]1[C@H]1CCCN1C(=O)c1cn(C)nc1C1CCCCC1. The van der Waals surface area contributed by atoms with Crippen LogP contribution in [0.5, 0.6) is 0 Å². The standard InChI is InChI=1S/C20H32N4O/c1-22-12-6-10-17(22)18-11-7-13-24(18)20(25)16-14-23(2)21-19(16)15-8-4-3-5-9-15/h14-15,17-18H,3-13H2,1-2H3/t17-,18+/m0/s1. The topological polar surface area (TPSA) is 41.4 Å². The van der Waals surface area contributed by atoms with E-state index in [-0.39, 0.29) is 5.91 Å². The van der Waals surface area contributed by atoms with Gasteiger partial charge in [0.05, 0.1) is 11.3 Å². The fourth-order valence-corrected chi connectivity index (χ4v) is 5.37. The summed E-state index contributed by atoms with van der Waals surface area (Å²) < 4.78 is 1.85. The minimum Gasteiger partial charge on any atom is -0.334 e. The maximum Gasteiger partial charge on any atom is 0.257 e. The summed E-state index contributed by atoms with van der Waals surface area (Å²) >= 11 is 0. The van der Waals surface area contributed by atoms with Crippen LogP contribution in [0.15, 0.2) is 6.20 Å². The van der Waals surface area contributed by atoms with Crippen LogP contribution in [0.3, 0.4) is 0 Å². The number of hydrogen-bond donors (Lipinski definition) is 0. The molecule has 2 aliphatic heterocycles. The van der Waals surface area contributed by atoms with Crippen LogP contribution in [0.4, 0.5) is 0 Å². The molecule has 1 aromatic heterocycles. The van der Waals surface area contributed by atoms with Gasteiger partial charge in [-0.3, -0.25) is 9.48 Å². The molecular weight excluding hydrogens is 312 g/mol. The van der Waals surface area contributed by atoms with Crippen molar-refractivity contribution in [2.75, 3.05) is 20.1 Å². The summed E-state index contributed by atoms with van der Waals surface area (Å²) in [6.45, 7) is 2.08. The molecule has 0 aromatic carbocycles. The zero-order valence-corrected chi connectivity index (χ0v) is 15.8. The van der Waals surface area contributed by atoms with Gasteiger partial charge in [0, 0.05) is 37.8 Å². The van der Waals surface area contributed by atoms with Crippen molar-refractivity contribution >= 4 is 5.91 Å². The van der Waals surface area contributed by atoms with Gasteiger partial charge in [0.1, 0.15) is 0 Å². The Bertz CT molecular complexity index is 619. The number of nitrogens with zero attached hydrogens (tertiary/aromatic N) is 4. The average molecular weight is 345 g/mol. The van der Waals surface area contributed by atoms with Crippen molar-refractivity contribution in [2.45, 2.75) is 75.8 Å². The number of rotatable bonds is 3.